The largest absolute Gasteiger partial charge is 0.376 e. The summed E-state index contributed by atoms with van der Waals surface area (Å²) >= 11 is 0. The van der Waals surface area contributed by atoms with Crippen LogP contribution in [0.15, 0.2) is 72.8 Å². The molecule has 3 aromatic rings. The van der Waals surface area contributed by atoms with Gasteiger partial charge >= 0.3 is 0 Å². The number of anilines is 1. The van der Waals surface area contributed by atoms with Crippen LogP contribution in [0, 0.1) is 0 Å². The fourth-order valence-corrected chi connectivity index (χ4v) is 4.72. The van der Waals surface area contributed by atoms with Crippen molar-refractivity contribution in [2.24, 2.45) is 0 Å². The van der Waals surface area contributed by atoms with Crippen LogP contribution in [0.25, 0.3) is 11.3 Å². The molecule has 186 valence electrons. The molecule has 0 bridgehead atoms. The molecule has 2 fully saturated rings. The van der Waals surface area contributed by atoms with Crippen molar-refractivity contribution in [3.8, 4) is 11.3 Å². The van der Waals surface area contributed by atoms with Crippen LogP contribution in [0.5, 0.6) is 0 Å². The maximum Gasteiger partial charge on any atom is 0.254 e. The lowest BCUT2D eigenvalue weighted by Crippen LogP contribution is -2.52. The Kier molecular flexibility index (Phi) is 7.52. The van der Waals surface area contributed by atoms with Crippen molar-refractivity contribution in [2.45, 2.75) is 18.9 Å². The molecule has 2 amide bonds. The summed E-state index contributed by atoms with van der Waals surface area (Å²) in [5.74, 6) is 0.635. The number of carbonyl (C=O) groups is 2. The van der Waals surface area contributed by atoms with E-state index in [4.69, 9.17) is 4.74 Å². The van der Waals surface area contributed by atoms with E-state index in [0.29, 0.717) is 44.9 Å². The molecule has 3 heterocycles. The first-order chi connectivity index (χ1) is 17.7. The van der Waals surface area contributed by atoms with Crippen molar-refractivity contribution in [1.29, 1.82) is 0 Å². The van der Waals surface area contributed by atoms with Crippen LogP contribution >= 0.6 is 0 Å². The quantitative estimate of drug-likeness (QED) is 0.512. The number of amides is 2. The molecule has 1 aromatic heterocycles. The fourth-order valence-electron chi connectivity index (χ4n) is 4.72. The summed E-state index contributed by atoms with van der Waals surface area (Å²) in [6.45, 7) is 3.69. The number of carbonyl (C=O) groups excluding carboxylic acids is 2. The maximum atomic E-state index is 13.2. The SMILES string of the molecule is O=C(CN(C[C@H]1CCCO1)C(=O)c1ccccc1)N1CCN(c2ccc(-c3ccccc3)nn2)CC1. The number of aromatic nitrogens is 2. The second-order valence-corrected chi connectivity index (χ2v) is 9.20. The maximum absolute atomic E-state index is 13.2. The molecule has 0 N–H and O–H groups in total. The molecule has 0 saturated carbocycles. The molecular weight excluding hydrogens is 454 g/mol. The zero-order valence-electron chi connectivity index (χ0n) is 20.3. The fraction of sp³-hybridized carbons (Fsp3) is 0.357. The lowest BCUT2D eigenvalue weighted by atomic mass is 10.1. The molecule has 1 atom stereocenters. The summed E-state index contributed by atoms with van der Waals surface area (Å²) < 4.78 is 5.76. The van der Waals surface area contributed by atoms with Gasteiger partial charge in [-0.25, -0.2) is 0 Å². The molecule has 2 aliphatic rings. The van der Waals surface area contributed by atoms with Gasteiger partial charge in [0.1, 0.15) is 6.54 Å². The minimum Gasteiger partial charge on any atom is -0.376 e. The Balaban J connectivity index is 1.19. The Labute approximate surface area is 211 Å². The molecular formula is C28H31N5O3. The van der Waals surface area contributed by atoms with Crippen molar-refractivity contribution in [3.63, 3.8) is 0 Å². The van der Waals surface area contributed by atoms with Crippen LogP contribution in [0.1, 0.15) is 23.2 Å². The van der Waals surface area contributed by atoms with Crippen LogP contribution in [-0.2, 0) is 9.53 Å². The molecule has 2 aliphatic heterocycles. The smallest absolute Gasteiger partial charge is 0.254 e. The van der Waals surface area contributed by atoms with Gasteiger partial charge in [0.05, 0.1) is 11.8 Å². The van der Waals surface area contributed by atoms with Crippen molar-refractivity contribution < 1.29 is 14.3 Å². The summed E-state index contributed by atoms with van der Waals surface area (Å²) in [6, 6.07) is 23.1. The Hall–Kier alpha value is -3.78. The monoisotopic (exact) mass is 485 g/mol. The van der Waals surface area contributed by atoms with Gasteiger partial charge in [-0.1, -0.05) is 48.5 Å². The van der Waals surface area contributed by atoms with Gasteiger partial charge in [0.25, 0.3) is 5.91 Å². The van der Waals surface area contributed by atoms with Gasteiger partial charge in [-0.05, 0) is 37.1 Å². The second kappa shape index (κ2) is 11.3. The van der Waals surface area contributed by atoms with E-state index >= 15 is 0 Å². The molecule has 36 heavy (non-hydrogen) atoms. The van der Waals surface area contributed by atoms with Crippen LogP contribution in [-0.4, -0.2) is 83.8 Å². The van der Waals surface area contributed by atoms with Gasteiger partial charge < -0.3 is 19.4 Å². The topological polar surface area (TPSA) is 78.9 Å². The van der Waals surface area contributed by atoms with Crippen molar-refractivity contribution >= 4 is 17.6 Å². The molecule has 0 spiro atoms. The van der Waals surface area contributed by atoms with E-state index < -0.39 is 0 Å². The molecule has 8 heteroatoms. The van der Waals surface area contributed by atoms with E-state index in [1.165, 1.54) is 0 Å². The zero-order valence-corrected chi connectivity index (χ0v) is 20.3. The van der Waals surface area contributed by atoms with Crippen LogP contribution in [0.2, 0.25) is 0 Å². The third-order valence-corrected chi connectivity index (χ3v) is 6.76. The van der Waals surface area contributed by atoms with Crippen LogP contribution in [0.4, 0.5) is 5.82 Å². The minimum absolute atomic E-state index is 0.0141. The van der Waals surface area contributed by atoms with E-state index in [2.05, 4.69) is 15.1 Å². The average Bonchev–Trinajstić information content (AvgIpc) is 3.47. The van der Waals surface area contributed by atoms with E-state index in [1.54, 1.807) is 17.0 Å². The number of hydrogen-bond acceptors (Lipinski definition) is 6. The highest BCUT2D eigenvalue weighted by Gasteiger charge is 2.28. The predicted octanol–water partition coefficient (Wildman–Crippen LogP) is 3.11. The molecule has 5 rings (SSSR count). The highest BCUT2D eigenvalue weighted by atomic mass is 16.5. The first-order valence-corrected chi connectivity index (χ1v) is 12.6. The Morgan fingerprint density at radius 3 is 2.25 bits per heavy atom. The molecule has 2 aromatic carbocycles. The van der Waals surface area contributed by atoms with Crippen LogP contribution in [0.3, 0.4) is 0 Å². The molecule has 0 aliphatic carbocycles. The van der Waals surface area contributed by atoms with Crippen molar-refractivity contribution in [3.05, 3.63) is 78.4 Å². The van der Waals surface area contributed by atoms with Gasteiger partial charge in [-0.3, -0.25) is 9.59 Å². The normalized spacial score (nSPS) is 17.7. The Bertz CT molecular complexity index is 1140. The number of piperazine rings is 1. The van der Waals surface area contributed by atoms with Gasteiger partial charge in [-0.2, -0.15) is 0 Å². The van der Waals surface area contributed by atoms with E-state index in [0.717, 1.165) is 29.9 Å². The van der Waals surface area contributed by atoms with Crippen LogP contribution < -0.4 is 4.90 Å². The van der Waals surface area contributed by atoms with Gasteiger partial charge in [0.15, 0.2) is 5.82 Å². The predicted molar refractivity (Wildman–Crippen MR) is 138 cm³/mol. The third-order valence-electron chi connectivity index (χ3n) is 6.76. The molecule has 8 nitrogen and oxygen atoms in total. The second-order valence-electron chi connectivity index (χ2n) is 9.20. The highest BCUT2D eigenvalue weighted by molar-refractivity contribution is 5.96. The first-order valence-electron chi connectivity index (χ1n) is 12.6. The summed E-state index contributed by atoms with van der Waals surface area (Å²) in [5, 5.41) is 8.80. The summed E-state index contributed by atoms with van der Waals surface area (Å²) in [7, 11) is 0. The van der Waals surface area contributed by atoms with E-state index in [9.17, 15) is 9.59 Å². The van der Waals surface area contributed by atoms with Crippen molar-refractivity contribution in [2.75, 3.05) is 50.8 Å². The third kappa shape index (κ3) is 5.71. The molecule has 0 radical (unpaired) electrons. The number of hydrogen-bond donors (Lipinski definition) is 0. The molecule has 2 saturated heterocycles. The zero-order chi connectivity index (χ0) is 24.7. The minimum atomic E-state index is -0.133. The van der Waals surface area contributed by atoms with Crippen molar-refractivity contribution in [1.82, 2.24) is 20.0 Å². The van der Waals surface area contributed by atoms with Gasteiger partial charge in [-0.15, -0.1) is 10.2 Å². The van der Waals surface area contributed by atoms with E-state index in [1.807, 2.05) is 65.6 Å². The number of ether oxygens (including phenoxy) is 1. The first kappa shape index (κ1) is 23.9. The average molecular weight is 486 g/mol. The van der Waals surface area contributed by atoms with E-state index in [-0.39, 0.29) is 24.5 Å². The Morgan fingerprint density at radius 2 is 1.61 bits per heavy atom. The van der Waals surface area contributed by atoms with Gasteiger partial charge in [0, 0.05) is 50.5 Å². The summed E-state index contributed by atoms with van der Waals surface area (Å²) in [6.07, 6.45) is 1.89. The molecule has 0 unspecified atom stereocenters. The summed E-state index contributed by atoms with van der Waals surface area (Å²) in [4.78, 5) is 32.0. The lowest BCUT2D eigenvalue weighted by Gasteiger charge is -2.36. The highest BCUT2D eigenvalue weighted by Crippen LogP contribution is 2.20. The summed E-state index contributed by atoms with van der Waals surface area (Å²) in [5.41, 5.74) is 2.46. The Morgan fingerprint density at radius 1 is 0.889 bits per heavy atom. The number of benzene rings is 2. The lowest BCUT2D eigenvalue weighted by molar-refractivity contribution is -0.132. The number of nitrogens with zero attached hydrogens (tertiary/aromatic N) is 5. The standard InChI is InChI=1S/C28H31N5O3/c34-27(21-33(20-24-12-7-19-36-24)28(35)23-10-5-2-6-11-23)32-17-15-31(16-18-32)26-14-13-25(29-30-26)22-8-3-1-4-9-22/h1-6,8-11,13-14,24H,7,12,15-21H2/t24-/m1/s1. The number of rotatable bonds is 7. The van der Waals surface area contributed by atoms with Gasteiger partial charge in [0.2, 0.25) is 5.91 Å².